The second kappa shape index (κ2) is 9.97. The SMILES string of the molecule is CCN(CC)CCOC(=O)c1ccc(N/N=C(\C#N)C(=N)N)cc1. The van der Waals surface area contributed by atoms with Crippen molar-refractivity contribution in [2.75, 3.05) is 31.7 Å². The number of hydrazone groups is 1. The number of nitrogens with one attached hydrogen (secondary N) is 2. The number of nitriles is 1. The Hall–Kier alpha value is -2.92. The third-order valence-electron chi connectivity index (χ3n) is 3.31. The average Bonchev–Trinajstić information content (AvgIpc) is 2.59. The fourth-order valence-electron chi connectivity index (χ4n) is 1.84. The van der Waals surface area contributed by atoms with Gasteiger partial charge in [0.25, 0.3) is 0 Å². The van der Waals surface area contributed by atoms with Gasteiger partial charge in [0.05, 0.1) is 11.3 Å². The van der Waals surface area contributed by atoms with E-state index in [-0.39, 0.29) is 5.71 Å². The van der Waals surface area contributed by atoms with Gasteiger partial charge in [-0.15, -0.1) is 0 Å². The van der Waals surface area contributed by atoms with Crippen molar-refractivity contribution in [3.05, 3.63) is 29.8 Å². The Morgan fingerprint density at radius 2 is 2.00 bits per heavy atom. The molecule has 8 nitrogen and oxygen atoms in total. The summed E-state index contributed by atoms with van der Waals surface area (Å²) in [6, 6.07) is 8.14. The molecule has 0 unspecified atom stereocenters. The number of esters is 1. The quantitative estimate of drug-likeness (QED) is 0.272. The van der Waals surface area contributed by atoms with E-state index < -0.39 is 11.8 Å². The summed E-state index contributed by atoms with van der Waals surface area (Å²) in [6.07, 6.45) is 0. The predicted molar refractivity (Wildman–Crippen MR) is 93.1 cm³/mol. The van der Waals surface area contributed by atoms with Gasteiger partial charge in [0.2, 0.25) is 5.71 Å². The second-order valence-electron chi connectivity index (χ2n) is 4.84. The number of likely N-dealkylation sites (N-methyl/N-ethyl adjacent to an activating group) is 1. The molecule has 0 saturated heterocycles. The van der Waals surface area contributed by atoms with Crippen molar-refractivity contribution < 1.29 is 9.53 Å². The molecule has 0 aliphatic heterocycles. The van der Waals surface area contributed by atoms with Gasteiger partial charge in [-0.3, -0.25) is 10.8 Å². The molecule has 1 rings (SSSR count). The summed E-state index contributed by atoms with van der Waals surface area (Å²) in [6.45, 7) is 7.00. The molecule has 24 heavy (non-hydrogen) atoms. The third-order valence-corrected chi connectivity index (χ3v) is 3.31. The first kappa shape index (κ1) is 19.1. The van der Waals surface area contributed by atoms with Crippen LogP contribution in [-0.2, 0) is 4.74 Å². The molecule has 0 atom stereocenters. The molecule has 0 aliphatic rings. The highest BCUT2D eigenvalue weighted by atomic mass is 16.5. The summed E-state index contributed by atoms with van der Waals surface area (Å²) in [7, 11) is 0. The summed E-state index contributed by atoms with van der Waals surface area (Å²) in [4.78, 5) is 14.1. The van der Waals surface area contributed by atoms with Gasteiger partial charge >= 0.3 is 5.97 Å². The first-order chi connectivity index (χ1) is 11.5. The van der Waals surface area contributed by atoms with Crippen LogP contribution in [0, 0.1) is 16.7 Å². The van der Waals surface area contributed by atoms with E-state index in [9.17, 15) is 4.79 Å². The number of ether oxygens (including phenoxy) is 1. The van der Waals surface area contributed by atoms with Crippen LogP contribution in [0.4, 0.5) is 5.69 Å². The van der Waals surface area contributed by atoms with Crippen LogP contribution < -0.4 is 11.2 Å². The smallest absolute Gasteiger partial charge is 0.338 e. The Morgan fingerprint density at radius 1 is 1.38 bits per heavy atom. The third kappa shape index (κ3) is 6.06. The van der Waals surface area contributed by atoms with Gasteiger partial charge in [0.15, 0.2) is 5.84 Å². The Kier molecular flexibility index (Phi) is 7.94. The van der Waals surface area contributed by atoms with Gasteiger partial charge in [-0.2, -0.15) is 10.4 Å². The number of nitrogens with two attached hydrogens (primary N) is 1. The predicted octanol–water partition coefficient (Wildman–Crippen LogP) is 1.41. The number of benzene rings is 1. The van der Waals surface area contributed by atoms with Crippen molar-refractivity contribution in [3.63, 3.8) is 0 Å². The van der Waals surface area contributed by atoms with Gasteiger partial charge in [0, 0.05) is 6.54 Å². The minimum Gasteiger partial charge on any atom is -0.461 e. The Balaban J connectivity index is 2.56. The van der Waals surface area contributed by atoms with Gasteiger partial charge < -0.3 is 15.4 Å². The van der Waals surface area contributed by atoms with Crippen molar-refractivity contribution in [1.29, 1.82) is 10.7 Å². The molecule has 0 fully saturated rings. The fraction of sp³-hybridized carbons (Fsp3) is 0.375. The summed E-state index contributed by atoms with van der Waals surface area (Å²) in [5.74, 6) is -0.808. The van der Waals surface area contributed by atoms with Gasteiger partial charge in [0.1, 0.15) is 12.7 Å². The molecule has 8 heteroatoms. The maximum atomic E-state index is 11.9. The number of rotatable bonds is 9. The van der Waals surface area contributed by atoms with Crippen LogP contribution in [0.1, 0.15) is 24.2 Å². The van der Waals surface area contributed by atoms with Crippen molar-refractivity contribution in [3.8, 4) is 6.07 Å². The lowest BCUT2D eigenvalue weighted by Gasteiger charge is -2.17. The number of carbonyl (C=O) groups excluding carboxylic acids is 1. The van der Waals surface area contributed by atoms with E-state index in [1.165, 1.54) is 0 Å². The van der Waals surface area contributed by atoms with E-state index in [1.807, 2.05) is 0 Å². The standard InChI is InChI=1S/C16H22N6O2/c1-3-22(4-2)9-10-24-16(23)12-5-7-13(8-6-12)20-21-14(11-17)15(18)19/h5-8,20H,3-4,9-10H2,1-2H3,(H3,18,19)/b21-14+. The van der Waals surface area contributed by atoms with Gasteiger partial charge in [-0.1, -0.05) is 13.8 Å². The lowest BCUT2D eigenvalue weighted by Crippen LogP contribution is -2.27. The highest BCUT2D eigenvalue weighted by Crippen LogP contribution is 2.10. The first-order valence-corrected chi connectivity index (χ1v) is 7.59. The van der Waals surface area contributed by atoms with Crippen LogP contribution in [0.5, 0.6) is 0 Å². The molecule has 0 radical (unpaired) electrons. The molecule has 0 spiro atoms. The molecule has 4 N–H and O–H groups in total. The average molecular weight is 330 g/mol. The number of hydrogen-bond acceptors (Lipinski definition) is 7. The number of nitrogens with zero attached hydrogens (tertiary/aromatic N) is 3. The van der Waals surface area contributed by atoms with E-state index in [0.717, 1.165) is 13.1 Å². The number of amidine groups is 1. The summed E-state index contributed by atoms with van der Waals surface area (Å²) >= 11 is 0. The normalized spacial score (nSPS) is 11.0. The van der Waals surface area contributed by atoms with E-state index in [0.29, 0.717) is 24.4 Å². The minimum absolute atomic E-state index is 0.213. The summed E-state index contributed by atoms with van der Waals surface area (Å²) in [5.41, 5.74) is 8.56. The maximum Gasteiger partial charge on any atom is 0.338 e. The highest BCUT2D eigenvalue weighted by molar-refractivity contribution is 6.45. The van der Waals surface area contributed by atoms with Crippen molar-refractivity contribution in [2.24, 2.45) is 10.8 Å². The minimum atomic E-state index is -0.418. The second-order valence-corrected chi connectivity index (χ2v) is 4.84. The lowest BCUT2D eigenvalue weighted by atomic mass is 10.2. The van der Waals surface area contributed by atoms with E-state index in [1.54, 1.807) is 30.3 Å². The zero-order valence-electron chi connectivity index (χ0n) is 13.9. The largest absolute Gasteiger partial charge is 0.461 e. The Labute approximate surface area is 141 Å². The van der Waals surface area contributed by atoms with E-state index >= 15 is 0 Å². The molecule has 1 aromatic carbocycles. The number of carbonyl (C=O) groups is 1. The summed E-state index contributed by atoms with van der Waals surface area (Å²) < 4.78 is 5.23. The molecule has 0 amide bonds. The Morgan fingerprint density at radius 3 is 2.50 bits per heavy atom. The highest BCUT2D eigenvalue weighted by Gasteiger charge is 2.08. The molecule has 128 valence electrons. The van der Waals surface area contributed by atoms with Crippen molar-refractivity contribution in [2.45, 2.75) is 13.8 Å². The van der Waals surface area contributed by atoms with Crippen LogP contribution in [0.3, 0.4) is 0 Å². The van der Waals surface area contributed by atoms with E-state index in [2.05, 4.69) is 29.3 Å². The zero-order valence-corrected chi connectivity index (χ0v) is 13.9. The van der Waals surface area contributed by atoms with Gasteiger partial charge in [-0.05, 0) is 37.4 Å². The zero-order chi connectivity index (χ0) is 17.9. The molecule has 0 bridgehead atoms. The monoisotopic (exact) mass is 330 g/mol. The number of anilines is 1. The van der Waals surface area contributed by atoms with Crippen molar-refractivity contribution >= 4 is 23.2 Å². The van der Waals surface area contributed by atoms with Crippen LogP contribution in [-0.4, -0.2) is 48.7 Å². The molecule has 0 aliphatic carbocycles. The van der Waals surface area contributed by atoms with Crippen LogP contribution in [0.25, 0.3) is 0 Å². The van der Waals surface area contributed by atoms with Crippen LogP contribution >= 0.6 is 0 Å². The molecule has 0 saturated carbocycles. The lowest BCUT2D eigenvalue weighted by molar-refractivity contribution is 0.0466. The van der Waals surface area contributed by atoms with Crippen LogP contribution in [0.15, 0.2) is 29.4 Å². The Bertz CT molecular complexity index is 629. The first-order valence-electron chi connectivity index (χ1n) is 7.59. The summed E-state index contributed by atoms with van der Waals surface area (Å²) in [5, 5.41) is 19.6. The van der Waals surface area contributed by atoms with E-state index in [4.69, 9.17) is 21.1 Å². The topological polar surface area (TPSA) is 128 Å². The molecule has 0 heterocycles. The molecular weight excluding hydrogens is 308 g/mol. The fourth-order valence-corrected chi connectivity index (χ4v) is 1.84. The molecule has 1 aromatic rings. The number of hydrogen-bond donors (Lipinski definition) is 3. The molecular formula is C16H22N6O2. The van der Waals surface area contributed by atoms with Gasteiger partial charge in [-0.25, -0.2) is 4.79 Å². The maximum absolute atomic E-state index is 11.9. The van der Waals surface area contributed by atoms with Crippen molar-refractivity contribution in [1.82, 2.24) is 4.90 Å². The van der Waals surface area contributed by atoms with Crippen LogP contribution in [0.2, 0.25) is 0 Å². The molecule has 0 aromatic heterocycles.